The highest BCUT2D eigenvalue weighted by Crippen LogP contribution is 2.31. The molecule has 0 aromatic carbocycles. The van der Waals surface area contributed by atoms with Gasteiger partial charge in [0, 0.05) is 12.2 Å². The summed E-state index contributed by atoms with van der Waals surface area (Å²) in [6.07, 6.45) is 2.26. The summed E-state index contributed by atoms with van der Waals surface area (Å²) in [6, 6.07) is 0. The van der Waals surface area contributed by atoms with Crippen LogP contribution in [0.15, 0.2) is 25.3 Å². The van der Waals surface area contributed by atoms with Gasteiger partial charge in [0.15, 0.2) is 0 Å². The highest BCUT2D eigenvalue weighted by atomic mass is 32.2. The fourth-order valence-corrected chi connectivity index (χ4v) is 3.63. The Morgan fingerprint density at radius 2 is 1.28 bits per heavy atom. The second-order valence-corrected chi connectivity index (χ2v) is 6.84. The normalized spacial score (nSPS) is 15.1. The Bertz CT molecular complexity index is 287. The monoisotopic (exact) mass is 290 g/mol. The van der Waals surface area contributed by atoms with E-state index in [1.54, 1.807) is 13.8 Å². The van der Waals surface area contributed by atoms with Crippen LogP contribution in [0, 0.1) is 0 Å². The number of thioether (sulfide) groups is 2. The minimum Gasteiger partial charge on any atom is -0.448 e. The lowest BCUT2D eigenvalue weighted by molar-refractivity contribution is -0.139. The van der Waals surface area contributed by atoms with Crippen LogP contribution in [0.5, 0.6) is 0 Å². The molecule has 0 aromatic heterocycles. The van der Waals surface area contributed by atoms with E-state index in [9.17, 15) is 9.59 Å². The van der Waals surface area contributed by atoms with E-state index in [4.69, 9.17) is 9.47 Å². The van der Waals surface area contributed by atoms with Gasteiger partial charge in [-0.15, -0.1) is 23.5 Å². The van der Waals surface area contributed by atoms with Crippen LogP contribution in [0.25, 0.3) is 0 Å². The maximum Gasteiger partial charge on any atom is 0.331 e. The minimum absolute atomic E-state index is 0.116. The average molecular weight is 290 g/mol. The number of hydrogen-bond donors (Lipinski definition) is 0. The van der Waals surface area contributed by atoms with Crippen LogP contribution in [0.2, 0.25) is 0 Å². The lowest BCUT2D eigenvalue weighted by Gasteiger charge is -2.19. The van der Waals surface area contributed by atoms with Crippen LogP contribution >= 0.6 is 23.5 Å². The molecule has 2 atom stereocenters. The Morgan fingerprint density at radius 3 is 1.56 bits per heavy atom. The number of hydrogen-bond acceptors (Lipinski definition) is 6. The first-order valence-corrected chi connectivity index (χ1v) is 7.24. The molecular weight excluding hydrogens is 272 g/mol. The van der Waals surface area contributed by atoms with Gasteiger partial charge in [-0.1, -0.05) is 13.2 Å². The van der Waals surface area contributed by atoms with Crippen LogP contribution in [-0.4, -0.2) is 27.4 Å². The topological polar surface area (TPSA) is 52.6 Å². The molecule has 102 valence electrons. The Hall–Kier alpha value is -0.880. The van der Waals surface area contributed by atoms with E-state index in [0.29, 0.717) is 0 Å². The highest BCUT2D eigenvalue weighted by Gasteiger charge is 2.17. The van der Waals surface area contributed by atoms with Gasteiger partial charge in [0.1, 0.15) is 10.9 Å². The van der Waals surface area contributed by atoms with Gasteiger partial charge in [-0.05, 0) is 20.8 Å². The van der Waals surface area contributed by atoms with Crippen molar-refractivity contribution >= 4 is 35.5 Å². The number of carbonyl (C=O) groups is 2. The molecule has 0 bridgehead atoms. The van der Waals surface area contributed by atoms with Crippen LogP contribution in [0.1, 0.15) is 20.8 Å². The zero-order chi connectivity index (χ0) is 14.1. The van der Waals surface area contributed by atoms with E-state index < -0.39 is 11.9 Å². The van der Waals surface area contributed by atoms with Crippen LogP contribution in [-0.2, 0) is 19.1 Å². The van der Waals surface area contributed by atoms with Crippen molar-refractivity contribution in [3.63, 3.8) is 0 Å². The lowest BCUT2D eigenvalue weighted by atomic mass is 10.6. The Labute approximate surface area is 116 Å². The van der Waals surface area contributed by atoms with Crippen molar-refractivity contribution in [2.24, 2.45) is 0 Å². The highest BCUT2D eigenvalue weighted by molar-refractivity contribution is 8.17. The number of ether oxygens (including phenoxy) is 2. The van der Waals surface area contributed by atoms with Gasteiger partial charge in [0.05, 0.1) is 4.58 Å². The van der Waals surface area contributed by atoms with E-state index in [2.05, 4.69) is 13.2 Å². The molecule has 0 spiro atoms. The molecule has 0 heterocycles. The number of carbonyl (C=O) groups excluding carboxylic acids is 2. The summed E-state index contributed by atoms with van der Waals surface area (Å²) < 4.78 is 10.2. The molecular formula is C12H18O4S2. The van der Waals surface area contributed by atoms with Crippen LogP contribution in [0.3, 0.4) is 0 Å². The van der Waals surface area contributed by atoms with Gasteiger partial charge in [-0.25, -0.2) is 9.59 Å². The van der Waals surface area contributed by atoms with Crippen LogP contribution in [0.4, 0.5) is 0 Å². The predicted octanol–water partition coefficient (Wildman–Crippen LogP) is 2.95. The van der Waals surface area contributed by atoms with E-state index in [0.717, 1.165) is 12.2 Å². The third-order valence-electron chi connectivity index (χ3n) is 1.66. The van der Waals surface area contributed by atoms with Crippen molar-refractivity contribution in [2.45, 2.75) is 36.2 Å². The zero-order valence-electron chi connectivity index (χ0n) is 10.8. The van der Waals surface area contributed by atoms with E-state index in [1.165, 1.54) is 23.5 Å². The summed E-state index contributed by atoms with van der Waals surface area (Å²) >= 11 is 2.92. The SMILES string of the molecule is C=CC(=O)OC(C)SC(C)SC(C)OC(=O)C=C. The second-order valence-electron chi connectivity index (χ2n) is 3.26. The van der Waals surface area contributed by atoms with Gasteiger partial charge in [0.2, 0.25) is 0 Å². The first-order valence-electron chi connectivity index (χ1n) is 5.36. The summed E-state index contributed by atoms with van der Waals surface area (Å²) in [4.78, 5) is 21.9. The first-order chi connectivity index (χ1) is 8.38. The van der Waals surface area contributed by atoms with Crippen LogP contribution < -0.4 is 0 Å². The summed E-state index contributed by atoms with van der Waals surface area (Å²) in [7, 11) is 0. The van der Waals surface area contributed by atoms with Gasteiger partial charge < -0.3 is 9.47 Å². The standard InChI is InChI=1S/C12H18O4S2/c1-6-11(13)15-8(3)17-10(5)18-9(4)16-12(14)7-2/h6-10H,1-2H2,3-5H3. The molecule has 0 saturated heterocycles. The molecule has 18 heavy (non-hydrogen) atoms. The maximum absolute atomic E-state index is 11.0. The zero-order valence-corrected chi connectivity index (χ0v) is 12.4. The van der Waals surface area contributed by atoms with Crippen molar-refractivity contribution in [1.29, 1.82) is 0 Å². The van der Waals surface area contributed by atoms with E-state index in [1.807, 2.05) is 6.92 Å². The second kappa shape index (κ2) is 9.10. The molecule has 0 aliphatic heterocycles. The Balaban J connectivity index is 3.98. The van der Waals surface area contributed by atoms with Gasteiger partial charge in [-0.3, -0.25) is 0 Å². The summed E-state index contributed by atoms with van der Waals surface area (Å²) in [5.41, 5.74) is -0.555. The van der Waals surface area contributed by atoms with Gasteiger partial charge >= 0.3 is 11.9 Å². The molecule has 0 amide bonds. The van der Waals surface area contributed by atoms with E-state index >= 15 is 0 Å². The lowest BCUT2D eigenvalue weighted by Crippen LogP contribution is -2.15. The molecule has 0 N–H and O–H groups in total. The molecule has 6 heteroatoms. The molecule has 2 unspecified atom stereocenters. The van der Waals surface area contributed by atoms with Crippen molar-refractivity contribution in [3.8, 4) is 0 Å². The number of rotatable bonds is 8. The van der Waals surface area contributed by atoms with Crippen molar-refractivity contribution in [1.82, 2.24) is 0 Å². The van der Waals surface area contributed by atoms with Crippen molar-refractivity contribution < 1.29 is 19.1 Å². The quantitative estimate of drug-likeness (QED) is 0.389. The largest absolute Gasteiger partial charge is 0.448 e. The Morgan fingerprint density at radius 1 is 0.944 bits per heavy atom. The first kappa shape index (κ1) is 17.1. The molecule has 4 nitrogen and oxygen atoms in total. The molecule has 0 aliphatic rings. The Kier molecular flexibility index (Phi) is 8.66. The summed E-state index contributed by atoms with van der Waals surface area (Å²) in [5, 5.41) is 0. The molecule has 0 aromatic rings. The van der Waals surface area contributed by atoms with E-state index in [-0.39, 0.29) is 15.5 Å². The molecule has 0 saturated carbocycles. The maximum atomic E-state index is 11.0. The fourth-order valence-electron chi connectivity index (χ4n) is 1.05. The smallest absolute Gasteiger partial charge is 0.331 e. The predicted molar refractivity (Wildman–Crippen MR) is 76.1 cm³/mol. The third kappa shape index (κ3) is 8.25. The minimum atomic E-state index is -0.446. The fraction of sp³-hybridized carbons (Fsp3) is 0.500. The molecule has 0 fully saturated rings. The molecule has 0 radical (unpaired) electrons. The van der Waals surface area contributed by atoms with Gasteiger partial charge in [-0.2, -0.15) is 0 Å². The molecule has 0 rings (SSSR count). The average Bonchev–Trinajstić information content (AvgIpc) is 2.27. The number of esters is 2. The van der Waals surface area contributed by atoms with Gasteiger partial charge in [0.25, 0.3) is 0 Å². The molecule has 0 aliphatic carbocycles. The summed E-state index contributed by atoms with van der Waals surface area (Å²) in [5.74, 6) is -0.892. The van der Waals surface area contributed by atoms with Crippen molar-refractivity contribution in [3.05, 3.63) is 25.3 Å². The third-order valence-corrected chi connectivity index (χ3v) is 4.06. The van der Waals surface area contributed by atoms with Crippen molar-refractivity contribution in [2.75, 3.05) is 0 Å². The summed E-state index contributed by atoms with van der Waals surface area (Å²) in [6.45, 7) is 12.2.